The van der Waals surface area contributed by atoms with Gasteiger partial charge in [-0.3, -0.25) is 4.98 Å². The van der Waals surface area contributed by atoms with Crippen LogP contribution in [-0.2, 0) is 10.0 Å². The zero-order valence-corrected chi connectivity index (χ0v) is 13.0. The molecule has 0 unspecified atom stereocenters. The molecule has 1 heterocycles. The Bertz CT molecular complexity index is 483. The van der Waals surface area contributed by atoms with E-state index in [4.69, 9.17) is 11.6 Å². The Morgan fingerprint density at radius 1 is 1.21 bits per heavy atom. The van der Waals surface area contributed by atoms with Gasteiger partial charge in [-0.2, -0.15) is 4.31 Å². The second-order valence-corrected chi connectivity index (χ2v) is 6.73. The van der Waals surface area contributed by atoms with Gasteiger partial charge in [0.2, 0.25) is 10.0 Å². The summed E-state index contributed by atoms with van der Waals surface area (Å²) >= 11 is 5.98. The van der Waals surface area contributed by atoms with Crippen LogP contribution in [0.4, 0.5) is 0 Å². The van der Waals surface area contributed by atoms with Gasteiger partial charge in [0.05, 0.1) is 5.02 Å². The van der Waals surface area contributed by atoms with Crippen molar-refractivity contribution in [2.75, 3.05) is 13.1 Å². The highest BCUT2D eigenvalue weighted by Gasteiger charge is 2.25. The lowest BCUT2D eigenvalue weighted by molar-refractivity contribution is 0.395. The largest absolute Gasteiger partial charge is 0.263 e. The third kappa shape index (κ3) is 4.44. The maximum Gasteiger partial charge on any atom is 0.246 e. The molecule has 0 aromatic carbocycles. The molecule has 1 aromatic rings. The average molecular weight is 305 g/mol. The van der Waals surface area contributed by atoms with Gasteiger partial charge in [-0.1, -0.05) is 38.3 Å². The summed E-state index contributed by atoms with van der Waals surface area (Å²) in [6.07, 6.45) is 6.42. The van der Waals surface area contributed by atoms with E-state index in [0.717, 1.165) is 25.7 Å². The van der Waals surface area contributed by atoms with Crippen LogP contribution in [0.2, 0.25) is 5.02 Å². The lowest BCUT2D eigenvalue weighted by atomic mass is 10.3. The quantitative estimate of drug-likeness (QED) is 0.740. The molecule has 0 amide bonds. The van der Waals surface area contributed by atoms with E-state index >= 15 is 0 Å². The highest BCUT2D eigenvalue weighted by Crippen LogP contribution is 2.23. The van der Waals surface area contributed by atoms with Crippen molar-refractivity contribution in [1.29, 1.82) is 0 Å². The summed E-state index contributed by atoms with van der Waals surface area (Å²) in [4.78, 5) is 3.97. The molecule has 108 valence electrons. The fourth-order valence-corrected chi connectivity index (χ4v) is 3.64. The van der Waals surface area contributed by atoms with E-state index in [1.54, 1.807) is 0 Å². The monoisotopic (exact) mass is 304 g/mol. The van der Waals surface area contributed by atoms with E-state index in [2.05, 4.69) is 4.98 Å². The summed E-state index contributed by atoms with van der Waals surface area (Å²) in [7, 11) is -3.54. The van der Waals surface area contributed by atoms with Crippen molar-refractivity contribution >= 4 is 21.6 Å². The summed E-state index contributed by atoms with van der Waals surface area (Å²) in [5.74, 6) is 0. The van der Waals surface area contributed by atoms with Crippen LogP contribution >= 0.6 is 11.6 Å². The molecule has 6 heteroatoms. The molecule has 19 heavy (non-hydrogen) atoms. The van der Waals surface area contributed by atoms with Crippen molar-refractivity contribution in [2.24, 2.45) is 0 Å². The Hall–Kier alpha value is -0.650. The zero-order chi connectivity index (χ0) is 14.3. The first kappa shape index (κ1) is 16.4. The Morgan fingerprint density at radius 3 is 2.26 bits per heavy atom. The van der Waals surface area contributed by atoms with Gasteiger partial charge in [-0.05, 0) is 18.9 Å². The van der Waals surface area contributed by atoms with Crippen molar-refractivity contribution < 1.29 is 8.42 Å². The van der Waals surface area contributed by atoms with Gasteiger partial charge >= 0.3 is 0 Å². The van der Waals surface area contributed by atoms with Crippen LogP contribution in [0, 0.1) is 0 Å². The van der Waals surface area contributed by atoms with Crippen LogP contribution in [0.25, 0.3) is 0 Å². The Morgan fingerprint density at radius 2 is 1.79 bits per heavy atom. The molecule has 1 rings (SSSR count). The van der Waals surface area contributed by atoms with Crippen LogP contribution in [0.5, 0.6) is 0 Å². The first-order valence-corrected chi connectivity index (χ1v) is 8.45. The smallest absolute Gasteiger partial charge is 0.246 e. The number of hydrogen-bond donors (Lipinski definition) is 0. The lowest BCUT2D eigenvalue weighted by Gasteiger charge is -2.22. The lowest BCUT2D eigenvalue weighted by Crippen LogP contribution is -2.33. The topological polar surface area (TPSA) is 50.3 Å². The van der Waals surface area contributed by atoms with Crippen LogP contribution in [0.1, 0.15) is 39.5 Å². The number of rotatable bonds is 8. The molecular formula is C13H21ClN2O2S. The van der Waals surface area contributed by atoms with E-state index in [9.17, 15) is 8.42 Å². The molecule has 0 radical (unpaired) electrons. The van der Waals surface area contributed by atoms with Gasteiger partial charge in [0.25, 0.3) is 0 Å². The molecule has 4 nitrogen and oxygen atoms in total. The second kappa shape index (κ2) is 7.82. The molecule has 0 N–H and O–H groups in total. The minimum atomic E-state index is -3.54. The van der Waals surface area contributed by atoms with Gasteiger partial charge < -0.3 is 0 Å². The molecule has 1 aromatic heterocycles. The molecule has 0 aliphatic carbocycles. The van der Waals surface area contributed by atoms with E-state index in [1.807, 2.05) is 13.8 Å². The first-order valence-electron chi connectivity index (χ1n) is 6.63. The van der Waals surface area contributed by atoms with Gasteiger partial charge in [-0.15, -0.1) is 0 Å². The van der Waals surface area contributed by atoms with Crippen LogP contribution in [0.15, 0.2) is 23.4 Å². The maximum absolute atomic E-state index is 12.6. The molecule has 0 fully saturated rings. The van der Waals surface area contributed by atoms with Gasteiger partial charge in [0.15, 0.2) is 0 Å². The summed E-state index contributed by atoms with van der Waals surface area (Å²) in [6, 6.07) is 1.51. The third-order valence-corrected chi connectivity index (χ3v) is 5.24. The van der Waals surface area contributed by atoms with Crippen molar-refractivity contribution in [1.82, 2.24) is 9.29 Å². The standard InChI is InChI=1S/C13H21ClN2O2S/c1-3-5-9-16(10-6-4-2)19(17,18)13-11-15-8-7-12(13)14/h7-8,11H,3-6,9-10H2,1-2H3. The fourth-order valence-electron chi connectivity index (χ4n) is 1.71. The number of sulfonamides is 1. The van der Waals surface area contributed by atoms with Crippen LogP contribution in [0.3, 0.4) is 0 Å². The van der Waals surface area contributed by atoms with Crippen molar-refractivity contribution in [3.05, 3.63) is 23.5 Å². The number of nitrogens with zero attached hydrogens (tertiary/aromatic N) is 2. The number of unbranched alkanes of at least 4 members (excludes halogenated alkanes) is 2. The molecule has 0 saturated heterocycles. The van der Waals surface area contributed by atoms with E-state index in [-0.39, 0.29) is 9.92 Å². The molecule has 0 spiro atoms. The summed E-state index contributed by atoms with van der Waals surface area (Å²) in [5, 5.41) is 0.230. The Kier molecular flexibility index (Phi) is 6.75. The highest BCUT2D eigenvalue weighted by molar-refractivity contribution is 7.89. The van der Waals surface area contributed by atoms with Crippen molar-refractivity contribution in [3.8, 4) is 0 Å². The number of aromatic nitrogens is 1. The van der Waals surface area contributed by atoms with Crippen LogP contribution < -0.4 is 0 Å². The minimum Gasteiger partial charge on any atom is -0.263 e. The number of hydrogen-bond acceptors (Lipinski definition) is 3. The fraction of sp³-hybridized carbons (Fsp3) is 0.615. The zero-order valence-electron chi connectivity index (χ0n) is 11.5. The number of pyridine rings is 1. The summed E-state index contributed by atoms with van der Waals surface area (Å²) in [5.41, 5.74) is 0. The normalized spacial score (nSPS) is 12.0. The van der Waals surface area contributed by atoms with Crippen LogP contribution in [-0.4, -0.2) is 30.8 Å². The molecule has 0 aliphatic rings. The molecule has 0 saturated carbocycles. The van der Waals surface area contributed by atoms with Crippen molar-refractivity contribution in [2.45, 2.75) is 44.4 Å². The average Bonchev–Trinajstić information content (AvgIpc) is 2.39. The molecule has 0 bridgehead atoms. The Labute approximate surface area is 120 Å². The predicted octanol–water partition coefficient (Wildman–Crippen LogP) is 3.33. The highest BCUT2D eigenvalue weighted by atomic mass is 35.5. The second-order valence-electron chi connectivity index (χ2n) is 4.42. The molecule has 0 aliphatic heterocycles. The van der Waals surface area contributed by atoms with E-state index in [1.165, 1.54) is 22.8 Å². The predicted molar refractivity (Wildman–Crippen MR) is 77.8 cm³/mol. The molecule has 0 atom stereocenters. The van der Waals surface area contributed by atoms with E-state index < -0.39 is 10.0 Å². The number of halogens is 1. The van der Waals surface area contributed by atoms with Gasteiger partial charge in [0.1, 0.15) is 4.90 Å². The van der Waals surface area contributed by atoms with Gasteiger partial charge in [0, 0.05) is 25.5 Å². The van der Waals surface area contributed by atoms with Gasteiger partial charge in [-0.25, -0.2) is 8.42 Å². The minimum absolute atomic E-state index is 0.101. The maximum atomic E-state index is 12.6. The summed E-state index contributed by atoms with van der Waals surface area (Å²) < 4.78 is 26.6. The first-order chi connectivity index (χ1) is 9.04. The SMILES string of the molecule is CCCCN(CCCC)S(=O)(=O)c1cnccc1Cl. The van der Waals surface area contributed by atoms with E-state index in [0.29, 0.717) is 13.1 Å². The Balaban J connectivity index is 3.01. The third-order valence-electron chi connectivity index (χ3n) is 2.87. The summed E-state index contributed by atoms with van der Waals surface area (Å²) in [6.45, 7) is 5.15. The molecular weight excluding hydrogens is 284 g/mol. The van der Waals surface area contributed by atoms with Crippen molar-refractivity contribution in [3.63, 3.8) is 0 Å².